The van der Waals surface area contributed by atoms with Crippen LogP contribution < -0.4 is 10.6 Å². The number of nitrogens with one attached hydrogen (secondary N) is 2. The van der Waals surface area contributed by atoms with E-state index in [0.29, 0.717) is 39.0 Å². The molecule has 2 aliphatic rings. The van der Waals surface area contributed by atoms with Crippen LogP contribution in [0.5, 0.6) is 0 Å². The van der Waals surface area contributed by atoms with E-state index < -0.39 is 27.7 Å². The smallest absolute Gasteiger partial charge is 0.311 e. The molecule has 1 unspecified atom stereocenters. The Kier molecular flexibility index (Phi) is 4.41. The summed E-state index contributed by atoms with van der Waals surface area (Å²) in [6.07, 6.45) is 1.15. The van der Waals surface area contributed by atoms with Gasteiger partial charge in [-0.1, -0.05) is 0 Å². The fourth-order valence-corrected chi connectivity index (χ4v) is 4.03. The van der Waals surface area contributed by atoms with Crippen LogP contribution in [-0.4, -0.2) is 68.9 Å². The van der Waals surface area contributed by atoms with E-state index in [2.05, 4.69) is 10.6 Å². The van der Waals surface area contributed by atoms with Gasteiger partial charge in [0.2, 0.25) is 0 Å². The molecule has 0 aromatic rings. The lowest BCUT2D eigenvalue weighted by Crippen LogP contribution is -2.54. The van der Waals surface area contributed by atoms with E-state index in [1.165, 1.54) is 4.90 Å². The molecule has 2 saturated heterocycles. The SMILES string of the molecule is O=C(NC1CCCS(=O)(=O)C1)C(=O)N1CCNCC1. The van der Waals surface area contributed by atoms with Crippen molar-refractivity contribution in [3.8, 4) is 0 Å². The maximum atomic E-state index is 11.9. The molecule has 2 fully saturated rings. The van der Waals surface area contributed by atoms with Crippen LogP contribution in [0.1, 0.15) is 12.8 Å². The first-order chi connectivity index (χ1) is 8.98. The average Bonchev–Trinajstić information content (AvgIpc) is 2.37. The molecule has 2 aliphatic heterocycles. The zero-order chi connectivity index (χ0) is 13.9. The molecule has 0 bridgehead atoms. The Hall–Kier alpha value is -1.15. The molecule has 0 aromatic carbocycles. The van der Waals surface area contributed by atoms with Crippen LogP contribution in [0, 0.1) is 0 Å². The van der Waals surface area contributed by atoms with Crippen molar-refractivity contribution in [3.05, 3.63) is 0 Å². The summed E-state index contributed by atoms with van der Waals surface area (Å²) in [6, 6.07) is -0.432. The van der Waals surface area contributed by atoms with Gasteiger partial charge in [0, 0.05) is 32.2 Å². The molecule has 2 heterocycles. The second-order valence-corrected chi connectivity index (χ2v) is 7.20. The van der Waals surface area contributed by atoms with Crippen molar-refractivity contribution >= 4 is 21.7 Å². The minimum absolute atomic E-state index is 0.0619. The van der Waals surface area contributed by atoms with Crippen LogP contribution in [0.3, 0.4) is 0 Å². The van der Waals surface area contributed by atoms with Gasteiger partial charge < -0.3 is 15.5 Å². The topological polar surface area (TPSA) is 95.6 Å². The monoisotopic (exact) mass is 289 g/mol. The summed E-state index contributed by atoms with van der Waals surface area (Å²) < 4.78 is 22.9. The van der Waals surface area contributed by atoms with Crippen molar-refractivity contribution in [2.75, 3.05) is 37.7 Å². The highest BCUT2D eigenvalue weighted by molar-refractivity contribution is 7.91. The minimum atomic E-state index is -3.08. The Morgan fingerprint density at radius 2 is 1.89 bits per heavy atom. The highest BCUT2D eigenvalue weighted by atomic mass is 32.2. The van der Waals surface area contributed by atoms with E-state index in [1.54, 1.807) is 0 Å². The maximum absolute atomic E-state index is 11.9. The molecule has 0 aromatic heterocycles. The van der Waals surface area contributed by atoms with E-state index >= 15 is 0 Å². The second kappa shape index (κ2) is 5.87. The fourth-order valence-electron chi connectivity index (χ4n) is 2.40. The average molecular weight is 289 g/mol. The van der Waals surface area contributed by atoms with Crippen molar-refractivity contribution in [1.29, 1.82) is 0 Å². The summed E-state index contributed by atoms with van der Waals surface area (Å²) in [5.41, 5.74) is 0. The number of piperazine rings is 1. The summed E-state index contributed by atoms with van der Waals surface area (Å²) in [4.78, 5) is 25.2. The van der Waals surface area contributed by atoms with Crippen LogP contribution >= 0.6 is 0 Å². The van der Waals surface area contributed by atoms with E-state index in [0.717, 1.165) is 0 Å². The molecular formula is C11H19N3O4S. The Balaban J connectivity index is 1.87. The molecule has 19 heavy (non-hydrogen) atoms. The molecule has 7 nitrogen and oxygen atoms in total. The fraction of sp³-hybridized carbons (Fsp3) is 0.818. The lowest BCUT2D eigenvalue weighted by molar-refractivity contribution is -0.146. The van der Waals surface area contributed by atoms with Gasteiger partial charge in [0.05, 0.1) is 11.5 Å². The standard InChI is InChI=1S/C11H19N3O4S/c15-10(11(16)14-5-3-12-4-6-14)13-9-2-1-7-19(17,18)8-9/h9,12H,1-8H2,(H,13,15). The maximum Gasteiger partial charge on any atom is 0.311 e. The number of hydrogen-bond donors (Lipinski definition) is 2. The first-order valence-corrected chi connectivity index (χ1v) is 8.31. The molecule has 8 heteroatoms. The Bertz CT molecular complexity index is 457. The molecule has 2 amide bonds. The molecule has 1 atom stereocenters. The molecule has 2 rings (SSSR count). The summed E-state index contributed by atoms with van der Waals surface area (Å²) in [6.45, 7) is 2.37. The molecule has 108 valence electrons. The van der Waals surface area contributed by atoms with Crippen molar-refractivity contribution in [2.45, 2.75) is 18.9 Å². The number of hydrogen-bond acceptors (Lipinski definition) is 5. The van der Waals surface area contributed by atoms with Gasteiger partial charge in [-0.2, -0.15) is 0 Å². The van der Waals surface area contributed by atoms with Gasteiger partial charge >= 0.3 is 11.8 Å². The third-order valence-corrected chi connectivity index (χ3v) is 5.22. The van der Waals surface area contributed by atoms with Gasteiger partial charge in [0.25, 0.3) is 0 Å². The number of carbonyl (C=O) groups is 2. The molecular weight excluding hydrogens is 270 g/mol. The molecule has 0 radical (unpaired) electrons. The second-order valence-electron chi connectivity index (χ2n) is 4.97. The molecule has 0 aliphatic carbocycles. The number of amides is 2. The first kappa shape index (κ1) is 14.3. The van der Waals surface area contributed by atoms with Gasteiger partial charge in [0.15, 0.2) is 9.84 Å². The predicted octanol–water partition coefficient (Wildman–Crippen LogP) is -1.89. The minimum Gasteiger partial charge on any atom is -0.344 e. The number of nitrogens with zero attached hydrogens (tertiary/aromatic N) is 1. The Morgan fingerprint density at radius 1 is 1.21 bits per heavy atom. The lowest BCUT2D eigenvalue weighted by Gasteiger charge is -2.28. The van der Waals surface area contributed by atoms with Crippen molar-refractivity contribution in [1.82, 2.24) is 15.5 Å². The van der Waals surface area contributed by atoms with Crippen LogP contribution in [0.4, 0.5) is 0 Å². The van der Waals surface area contributed by atoms with Gasteiger partial charge in [0.1, 0.15) is 0 Å². The Labute approximate surface area is 112 Å². The zero-order valence-electron chi connectivity index (χ0n) is 10.7. The van der Waals surface area contributed by atoms with Gasteiger partial charge in [-0.3, -0.25) is 9.59 Å². The Morgan fingerprint density at radius 3 is 2.53 bits per heavy atom. The van der Waals surface area contributed by atoms with E-state index in [9.17, 15) is 18.0 Å². The zero-order valence-corrected chi connectivity index (χ0v) is 11.5. The van der Waals surface area contributed by atoms with Gasteiger partial charge in [-0.25, -0.2) is 8.42 Å². The first-order valence-electron chi connectivity index (χ1n) is 6.49. The molecule has 0 saturated carbocycles. The van der Waals surface area contributed by atoms with Gasteiger partial charge in [-0.15, -0.1) is 0 Å². The third-order valence-electron chi connectivity index (χ3n) is 3.40. The number of carbonyl (C=O) groups excluding carboxylic acids is 2. The summed E-state index contributed by atoms with van der Waals surface area (Å²) in [7, 11) is -3.08. The van der Waals surface area contributed by atoms with Crippen LogP contribution in [0.2, 0.25) is 0 Å². The van der Waals surface area contributed by atoms with E-state index in [1.807, 2.05) is 0 Å². The predicted molar refractivity (Wildman–Crippen MR) is 69.3 cm³/mol. The van der Waals surface area contributed by atoms with Crippen LogP contribution in [0.25, 0.3) is 0 Å². The third kappa shape index (κ3) is 3.90. The van der Waals surface area contributed by atoms with E-state index in [4.69, 9.17) is 0 Å². The van der Waals surface area contributed by atoms with Crippen molar-refractivity contribution in [2.24, 2.45) is 0 Å². The normalized spacial score (nSPS) is 26.7. The number of sulfone groups is 1. The van der Waals surface area contributed by atoms with Crippen LogP contribution in [0.15, 0.2) is 0 Å². The highest BCUT2D eigenvalue weighted by Gasteiger charge is 2.29. The van der Waals surface area contributed by atoms with Crippen molar-refractivity contribution in [3.63, 3.8) is 0 Å². The quantitative estimate of drug-likeness (QED) is 0.550. The summed E-state index contributed by atoms with van der Waals surface area (Å²) in [5.74, 6) is -1.15. The van der Waals surface area contributed by atoms with E-state index in [-0.39, 0.29) is 11.5 Å². The van der Waals surface area contributed by atoms with Crippen molar-refractivity contribution < 1.29 is 18.0 Å². The summed E-state index contributed by atoms with van der Waals surface area (Å²) >= 11 is 0. The molecule has 2 N–H and O–H groups in total. The van der Waals surface area contributed by atoms with Crippen LogP contribution in [-0.2, 0) is 19.4 Å². The molecule has 0 spiro atoms. The number of rotatable bonds is 1. The summed E-state index contributed by atoms with van der Waals surface area (Å²) in [5, 5.41) is 5.64. The lowest BCUT2D eigenvalue weighted by atomic mass is 10.2. The van der Waals surface area contributed by atoms with Gasteiger partial charge in [-0.05, 0) is 12.8 Å². The highest BCUT2D eigenvalue weighted by Crippen LogP contribution is 2.12. The largest absolute Gasteiger partial charge is 0.344 e.